The van der Waals surface area contributed by atoms with E-state index in [2.05, 4.69) is 10.1 Å². The summed E-state index contributed by atoms with van der Waals surface area (Å²) >= 11 is 0. The number of hydrogen-bond donors (Lipinski definition) is 3. The maximum atomic E-state index is 12.2. The van der Waals surface area contributed by atoms with E-state index in [4.69, 9.17) is 0 Å². The normalized spacial score (nSPS) is 15.1. The predicted octanol–water partition coefficient (Wildman–Crippen LogP) is 2.18. The van der Waals surface area contributed by atoms with Crippen molar-refractivity contribution in [3.63, 3.8) is 0 Å². The van der Waals surface area contributed by atoms with Crippen LogP contribution in [0.25, 0.3) is 0 Å². The van der Waals surface area contributed by atoms with Crippen molar-refractivity contribution in [1.82, 2.24) is 10.1 Å². The first kappa shape index (κ1) is 15.4. The van der Waals surface area contributed by atoms with Gasteiger partial charge in [0.15, 0.2) is 0 Å². The van der Waals surface area contributed by atoms with Gasteiger partial charge < -0.3 is 10.00 Å². The van der Waals surface area contributed by atoms with Gasteiger partial charge in [-0.05, 0) is 23.3 Å². The molecule has 0 aliphatic carbocycles. The Morgan fingerprint density at radius 3 is 2.38 bits per heavy atom. The number of pyridine rings is 1. The molecular formula is C14H15N2O4P. The van der Waals surface area contributed by atoms with Crippen LogP contribution in [-0.4, -0.2) is 21.0 Å². The zero-order valence-corrected chi connectivity index (χ0v) is 12.0. The Hall–Kier alpha value is -2.01. The lowest BCUT2D eigenvalue weighted by Crippen LogP contribution is -2.26. The molecule has 0 bridgehead atoms. The fourth-order valence-electron chi connectivity index (χ4n) is 1.91. The number of nitrogens with one attached hydrogen (secondary N) is 1. The number of carbonyl (C=O) groups is 1. The van der Waals surface area contributed by atoms with Crippen molar-refractivity contribution in [2.75, 3.05) is 0 Å². The summed E-state index contributed by atoms with van der Waals surface area (Å²) in [6.07, 6.45) is 2.74. The summed E-state index contributed by atoms with van der Waals surface area (Å²) in [4.78, 5) is 25.1. The summed E-state index contributed by atoms with van der Waals surface area (Å²) < 4.78 is 12.2. The molecule has 110 valence electrons. The predicted molar refractivity (Wildman–Crippen MR) is 77.7 cm³/mol. The minimum absolute atomic E-state index is 0.136. The Labute approximate surface area is 122 Å². The highest BCUT2D eigenvalue weighted by Gasteiger charge is 2.29. The van der Waals surface area contributed by atoms with Gasteiger partial charge in [-0.2, -0.15) is 0 Å². The van der Waals surface area contributed by atoms with Crippen molar-refractivity contribution in [1.29, 1.82) is 0 Å². The molecule has 0 amide bonds. The summed E-state index contributed by atoms with van der Waals surface area (Å²) in [7, 11) is -3.84. The summed E-state index contributed by atoms with van der Waals surface area (Å²) in [5.74, 6) is -1.22. The van der Waals surface area contributed by atoms with Gasteiger partial charge in [0.05, 0.1) is 6.16 Å². The van der Waals surface area contributed by atoms with E-state index >= 15 is 0 Å². The Morgan fingerprint density at radius 1 is 1.19 bits per heavy atom. The SMILES string of the molecule is O=C(O)C(NP(=O)(O)Cc1ccccc1)c1ccncc1. The van der Waals surface area contributed by atoms with E-state index in [0.29, 0.717) is 11.1 Å². The minimum Gasteiger partial charge on any atom is -0.480 e. The van der Waals surface area contributed by atoms with Crippen LogP contribution in [-0.2, 0) is 15.5 Å². The molecule has 3 N–H and O–H groups in total. The average Bonchev–Trinajstić information content (AvgIpc) is 2.46. The molecule has 7 heteroatoms. The standard InChI is InChI=1S/C14H15N2O4P/c17-14(18)13(12-6-8-15-9-7-12)16-21(19,20)10-11-4-2-1-3-5-11/h1-9,13H,10H2,(H,17,18)(H2,16,19,20). The van der Waals surface area contributed by atoms with Crippen molar-refractivity contribution in [2.24, 2.45) is 0 Å². The first-order chi connectivity index (χ1) is 9.98. The van der Waals surface area contributed by atoms with E-state index in [1.807, 2.05) is 0 Å². The Morgan fingerprint density at radius 2 is 1.81 bits per heavy atom. The Bertz CT molecular complexity index is 649. The first-order valence-corrected chi connectivity index (χ1v) is 8.09. The number of carboxylic acid groups (broad SMARTS) is 1. The molecule has 1 aromatic carbocycles. The van der Waals surface area contributed by atoms with Gasteiger partial charge in [0.1, 0.15) is 6.04 Å². The van der Waals surface area contributed by atoms with Gasteiger partial charge in [0.2, 0.25) is 0 Å². The van der Waals surface area contributed by atoms with Crippen LogP contribution in [0.1, 0.15) is 17.2 Å². The number of aliphatic carboxylic acids is 1. The lowest BCUT2D eigenvalue weighted by Gasteiger charge is -2.19. The van der Waals surface area contributed by atoms with Crippen LogP contribution in [0.5, 0.6) is 0 Å². The number of nitrogens with zero attached hydrogens (tertiary/aromatic N) is 1. The summed E-state index contributed by atoms with van der Waals surface area (Å²) in [5.41, 5.74) is 1.04. The molecule has 1 heterocycles. The number of benzene rings is 1. The van der Waals surface area contributed by atoms with E-state index < -0.39 is 19.5 Å². The van der Waals surface area contributed by atoms with Gasteiger partial charge >= 0.3 is 5.97 Å². The van der Waals surface area contributed by atoms with Crippen molar-refractivity contribution in [3.05, 3.63) is 66.0 Å². The van der Waals surface area contributed by atoms with Crippen LogP contribution in [0.3, 0.4) is 0 Å². The van der Waals surface area contributed by atoms with Crippen molar-refractivity contribution < 1.29 is 19.4 Å². The monoisotopic (exact) mass is 306 g/mol. The minimum atomic E-state index is -3.84. The van der Waals surface area contributed by atoms with E-state index in [1.54, 1.807) is 30.3 Å². The van der Waals surface area contributed by atoms with E-state index in [-0.39, 0.29) is 6.16 Å². The van der Waals surface area contributed by atoms with Crippen molar-refractivity contribution >= 4 is 13.5 Å². The summed E-state index contributed by atoms with van der Waals surface area (Å²) in [5, 5.41) is 11.6. The first-order valence-electron chi connectivity index (χ1n) is 6.24. The lowest BCUT2D eigenvalue weighted by molar-refractivity contribution is -0.139. The molecule has 0 fully saturated rings. The van der Waals surface area contributed by atoms with Gasteiger partial charge in [0.25, 0.3) is 7.52 Å². The average molecular weight is 306 g/mol. The molecule has 0 aliphatic rings. The number of carboxylic acids is 1. The zero-order valence-electron chi connectivity index (χ0n) is 11.1. The molecule has 6 nitrogen and oxygen atoms in total. The third kappa shape index (κ3) is 4.49. The van der Waals surface area contributed by atoms with Crippen LogP contribution in [0.15, 0.2) is 54.9 Å². The molecule has 1 aromatic heterocycles. The maximum absolute atomic E-state index is 12.2. The Kier molecular flexibility index (Phi) is 4.85. The van der Waals surface area contributed by atoms with E-state index in [1.165, 1.54) is 24.5 Å². The second-order valence-corrected chi connectivity index (χ2v) is 6.50. The number of aromatic nitrogens is 1. The zero-order chi connectivity index (χ0) is 15.3. The molecule has 2 rings (SSSR count). The fraction of sp³-hybridized carbons (Fsp3) is 0.143. The van der Waals surface area contributed by atoms with Gasteiger partial charge in [-0.3, -0.25) is 14.3 Å². The molecule has 2 atom stereocenters. The summed E-state index contributed by atoms with van der Waals surface area (Å²) in [6, 6.07) is 10.5. The maximum Gasteiger partial charge on any atom is 0.325 e. The molecule has 2 unspecified atom stereocenters. The third-order valence-electron chi connectivity index (χ3n) is 2.86. The molecule has 0 saturated heterocycles. The van der Waals surface area contributed by atoms with Crippen LogP contribution < -0.4 is 5.09 Å². The van der Waals surface area contributed by atoms with Crippen LogP contribution in [0.2, 0.25) is 0 Å². The second-order valence-electron chi connectivity index (χ2n) is 4.53. The van der Waals surface area contributed by atoms with Gasteiger partial charge in [-0.25, -0.2) is 5.09 Å². The largest absolute Gasteiger partial charge is 0.480 e. The molecule has 0 radical (unpaired) electrons. The smallest absolute Gasteiger partial charge is 0.325 e. The highest BCUT2D eigenvalue weighted by molar-refractivity contribution is 7.55. The molecule has 0 aliphatic heterocycles. The Balaban J connectivity index is 2.16. The molecule has 0 saturated carbocycles. The van der Waals surface area contributed by atoms with Gasteiger partial charge in [0, 0.05) is 12.4 Å². The molecular weight excluding hydrogens is 291 g/mol. The van der Waals surface area contributed by atoms with E-state index in [9.17, 15) is 19.4 Å². The second kappa shape index (κ2) is 6.63. The van der Waals surface area contributed by atoms with Crippen LogP contribution in [0, 0.1) is 0 Å². The van der Waals surface area contributed by atoms with Crippen molar-refractivity contribution in [3.8, 4) is 0 Å². The molecule has 21 heavy (non-hydrogen) atoms. The molecule has 0 spiro atoms. The number of hydrogen-bond acceptors (Lipinski definition) is 3. The summed E-state index contributed by atoms with van der Waals surface area (Å²) in [6.45, 7) is 0. The lowest BCUT2D eigenvalue weighted by atomic mass is 10.1. The highest BCUT2D eigenvalue weighted by atomic mass is 31.2. The van der Waals surface area contributed by atoms with Gasteiger partial charge in [-0.1, -0.05) is 30.3 Å². The third-order valence-corrected chi connectivity index (χ3v) is 4.31. The fourth-order valence-corrected chi connectivity index (χ4v) is 3.37. The number of rotatable bonds is 6. The van der Waals surface area contributed by atoms with Crippen LogP contribution >= 0.6 is 7.52 Å². The van der Waals surface area contributed by atoms with Gasteiger partial charge in [-0.15, -0.1) is 0 Å². The topological polar surface area (TPSA) is 99.5 Å². The quantitative estimate of drug-likeness (QED) is 0.707. The van der Waals surface area contributed by atoms with Crippen LogP contribution in [0.4, 0.5) is 0 Å². The van der Waals surface area contributed by atoms with Crippen molar-refractivity contribution in [2.45, 2.75) is 12.2 Å². The molecule has 2 aromatic rings. The van der Waals surface area contributed by atoms with E-state index in [0.717, 1.165) is 0 Å². The highest BCUT2D eigenvalue weighted by Crippen LogP contribution is 2.42.